The highest BCUT2D eigenvalue weighted by molar-refractivity contribution is 6.30. The highest BCUT2D eigenvalue weighted by Crippen LogP contribution is 2.11. The Balaban J connectivity index is 1.86. The number of aryl methyl sites for hydroxylation is 1. The van der Waals surface area contributed by atoms with Crippen molar-refractivity contribution in [3.8, 4) is 0 Å². The Morgan fingerprint density at radius 2 is 1.95 bits per heavy atom. The molecule has 0 saturated heterocycles. The summed E-state index contributed by atoms with van der Waals surface area (Å²) < 4.78 is 0. The molecule has 0 radical (unpaired) electrons. The third kappa shape index (κ3) is 4.34. The monoisotopic (exact) mass is 274 g/mol. The molecule has 2 rings (SSSR count). The van der Waals surface area contributed by atoms with E-state index in [0.29, 0.717) is 6.04 Å². The molecule has 0 aliphatic heterocycles. The van der Waals surface area contributed by atoms with Gasteiger partial charge in [-0.05, 0) is 49.6 Å². The van der Waals surface area contributed by atoms with Gasteiger partial charge in [0.05, 0.1) is 5.69 Å². The van der Waals surface area contributed by atoms with Crippen LogP contribution in [0, 0.1) is 6.92 Å². The third-order valence-corrected chi connectivity index (χ3v) is 3.44. The fourth-order valence-corrected chi connectivity index (χ4v) is 2.15. The van der Waals surface area contributed by atoms with Gasteiger partial charge in [-0.2, -0.15) is 0 Å². The standard InChI is InChI=1S/C16H19ClN2/c1-12-4-3-9-18-16(12)11-19-13(2)10-14-5-7-15(17)8-6-14/h3-9,13,19H,10-11H2,1-2H3. The van der Waals surface area contributed by atoms with Crippen molar-refractivity contribution in [2.24, 2.45) is 0 Å². The molecular weight excluding hydrogens is 256 g/mol. The van der Waals surface area contributed by atoms with E-state index in [2.05, 4.69) is 42.3 Å². The molecule has 0 amide bonds. The summed E-state index contributed by atoms with van der Waals surface area (Å²) in [5.41, 5.74) is 3.64. The van der Waals surface area contributed by atoms with Gasteiger partial charge in [0.15, 0.2) is 0 Å². The largest absolute Gasteiger partial charge is 0.308 e. The van der Waals surface area contributed by atoms with E-state index in [0.717, 1.165) is 23.7 Å². The van der Waals surface area contributed by atoms with Gasteiger partial charge >= 0.3 is 0 Å². The minimum atomic E-state index is 0.405. The van der Waals surface area contributed by atoms with Crippen molar-refractivity contribution < 1.29 is 0 Å². The molecule has 0 aliphatic carbocycles. The first-order chi connectivity index (χ1) is 9.15. The van der Waals surface area contributed by atoms with Crippen LogP contribution in [0.2, 0.25) is 5.02 Å². The van der Waals surface area contributed by atoms with E-state index < -0.39 is 0 Å². The lowest BCUT2D eigenvalue weighted by molar-refractivity contribution is 0.539. The Morgan fingerprint density at radius 1 is 1.21 bits per heavy atom. The van der Waals surface area contributed by atoms with E-state index in [9.17, 15) is 0 Å². The summed E-state index contributed by atoms with van der Waals surface area (Å²) in [6.45, 7) is 5.09. The maximum absolute atomic E-state index is 5.88. The summed E-state index contributed by atoms with van der Waals surface area (Å²) in [6.07, 6.45) is 2.83. The summed E-state index contributed by atoms with van der Waals surface area (Å²) in [5.74, 6) is 0. The summed E-state index contributed by atoms with van der Waals surface area (Å²) in [7, 11) is 0. The smallest absolute Gasteiger partial charge is 0.0570 e. The molecule has 0 fully saturated rings. The van der Waals surface area contributed by atoms with Crippen molar-refractivity contribution in [3.05, 3.63) is 64.4 Å². The second-order valence-electron chi connectivity index (χ2n) is 4.88. The van der Waals surface area contributed by atoms with Gasteiger partial charge in [-0.1, -0.05) is 29.8 Å². The molecule has 2 nitrogen and oxygen atoms in total. The Morgan fingerprint density at radius 3 is 2.63 bits per heavy atom. The first-order valence-corrected chi connectivity index (χ1v) is 6.91. The minimum absolute atomic E-state index is 0.405. The molecule has 1 aromatic carbocycles. The number of aromatic nitrogens is 1. The highest BCUT2D eigenvalue weighted by Gasteiger charge is 2.05. The highest BCUT2D eigenvalue weighted by atomic mass is 35.5. The molecule has 0 bridgehead atoms. The summed E-state index contributed by atoms with van der Waals surface area (Å²) in [4.78, 5) is 4.39. The number of halogens is 1. The van der Waals surface area contributed by atoms with Crippen LogP contribution >= 0.6 is 11.6 Å². The molecule has 0 saturated carbocycles. The second kappa shape index (κ2) is 6.69. The number of benzene rings is 1. The molecule has 3 heteroatoms. The number of rotatable bonds is 5. The van der Waals surface area contributed by atoms with Crippen molar-refractivity contribution in [1.82, 2.24) is 10.3 Å². The molecule has 100 valence electrons. The first-order valence-electron chi connectivity index (χ1n) is 6.53. The predicted octanol–water partition coefficient (Wildman–Crippen LogP) is 3.76. The van der Waals surface area contributed by atoms with Crippen molar-refractivity contribution in [2.45, 2.75) is 32.9 Å². The number of nitrogens with zero attached hydrogens (tertiary/aromatic N) is 1. The zero-order valence-corrected chi connectivity index (χ0v) is 12.1. The van der Waals surface area contributed by atoms with Gasteiger partial charge < -0.3 is 5.32 Å². The number of hydrogen-bond acceptors (Lipinski definition) is 2. The second-order valence-corrected chi connectivity index (χ2v) is 5.32. The van der Waals surface area contributed by atoms with Crippen LogP contribution in [0.15, 0.2) is 42.6 Å². The van der Waals surface area contributed by atoms with Crippen LogP contribution in [-0.2, 0) is 13.0 Å². The summed E-state index contributed by atoms with van der Waals surface area (Å²) in [6, 6.07) is 12.5. The fraction of sp³-hybridized carbons (Fsp3) is 0.312. The van der Waals surface area contributed by atoms with E-state index >= 15 is 0 Å². The Kier molecular flexibility index (Phi) is 4.94. The van der Waals surface area contributed by atoms with E-state index in [-0.39, 0.29) is 0 Å². The number of hydrogen-bond donors (Lipinski definition) is 1. The summed E-state index contributed by atoms with van der Waals surface area (Å²) >= 11 is 5.88. The van der Waals surface area contributed by atoms with Gasteiger partial charge in [0.2, 0.25) is 0 Å². The van der Waals surface area contributed by atoms with Gasteiger partial charge in [-0.15, -0.1) is 0 Å². The van der Waals surface area contributed by atoms with Crippen molar-refractivity contribution in [1.29, 1.82) is 0 Å². The average Bonchev–Trinajstić information content (AvgIpc) is 2.40. The van der Waals surface area contributed by atoms with Crippen molar-refractivity contribution in [3.63, 3.8) is 0 Å². The predicted molar refractivity (Wildman–Crippen MR) is 80.4 cm³/mol. The van der Waals surface area contributed by atoms with Crippen LogP contribution in [0.4, 0.5) is 0 Å². The fourth-order valence-electron chi connectivity index (χ4n) is 2.02. The molecule has 1 atom stereocenters. The molecule has 1 aromatic heterocycles. The van der Waals surface area contributed by atoms with Crippen LogP contribution in [0.5, 0.6) is 0 Å². The lowest BCUT2D eigenvalue weighted by Crippen LogP contribution is -2.28. The Labute approximate surface area is 119 Å². The molecule has 0 spiro atoms. The van der Waals surface area contributed by atoms with E-state index in [1.54, 1.807) is 0 Å². The normalized spacial score (nSPS) is 12.4. The third-order valence-electron chi connectivity index (χ3n) is 3.19. The van der Waals surface area contributed by atoms with Gasteiger partial charge in [-0.3, -0.25) is 4.98 Å². The quantitative estimate of drug-likeness (QED) is 0.898. The lowest BCUT2D eigenvalue weighted by atomic mass is 10.1. The van der Waals surface area contributed by atoms with Crippen LogP contribution in [0.1, 0.15) is 23.7 Å². The Bertz CT molecular complexity index is 523. The van der Waals surface area contributed by atoms with E-state index in [1.807, 2.05) is 24.4 Å². The SMILES string of the molecule is Cc1cccnc1CNC(C)Cc1ccc(Cl)cc1. The van der Waals surface area contributed by atoms with Gasteiger partial charge in [0.25, 0.3) is 0 Å². The molecule has 0 aliphatic rings. The molecule has 1 unspecified atom stereocenters. The van der Waals surface area contributed by atoms with E-state index in [4.69, 9.17) is 11.6 Å². The molecule has 2 aromatic rings. The van der Waals surface area contributed by atoms with Crippen LogP contribution in [0.25, 0.3) is 0 Å². The van der Waals surface area contributed by atoms with Gasteiger partial charge in [-0.25, -0.2) is 0 Å². The minimum Gasteiger partial charge on any atom is -0.308 e. The first kappa shape index (κ1) is 14.0. The lowest BCUT2D eigenvalue weighted by Gasteiger charge is -2.14. The average molecular weight is 275 g/mol. The van der Waals surface area contributed by atoms with Crippen LogP contribution in [0.3, 0.4) is 0 Å². The van der Waals surface area contributed by atoms with Crippen molar-refractivity contribution >= 4 is 11.6 Å². The number of nitrogens with one attached hydrogen (secondary N) is 1. The molecular formula is C16H19ClN2. The zero-order valence-electron chi connectivity index (χ0n) is 11.4. The Hall–Kier alpha value is -1.38. The van der Waals surface area contributed by atoms with E-state index in [1.165, 1.54) is 11.1 Å². The maximum atomic E-state index is 5.88. The molecule has 1 N–H and O–H groups in total. The molecule has 19 heavy (non-hydrogen) atoms. The van der Waals surface area contributed by atoms with Gasteiger partial charge in [0.1, 0.15) is 0 Å². The maximum Gasteiger partial charge on any atom is 0.0570 e. The molecule has 1 heterocycles. The van der Waals surface area contributed by atoms with Gasteiger partial charge in [0, 0.05) is 23.8 Å². The van der Waals surface area contributed by atoms with Crippen LogP contribution < -0.4 is 5.32 Å². The van der Waals surface area contributed by atoms with Crippen molar-refractivity contribution in [2.75, 3.05) is 0 Å². The van der Waals surface area contributed by atoms with Crippen LogP contribution in [-0.4, -0.2) is 11.0 Å². The summed E-state index contributed by atoms with van der Waals surface area (Å²) in [5, 5.41) is 4.29. The number of pyridine rings is 1. The topological polar surface area (TPSA) is 24.9 Å². The zero-order chi connectivity index (χ0) is 13.7.